The summed E-state index contributed by atoms with van der Waals surface area (Å²) >= 11 is 1.33. The summed E-state index contributed by atoms with van der Waals surface area (Å²) < 4.78 is 11.4. The molecule has 7 nitrogen and oxygen atoms in total. The van der Waals surface area contributed by atoms with E-state index in [2.05, 4.69) is 29.4 Å². The van der Waals surface area contributed by atoms with E-state index in [4.69, 9.17) is 9.15 Å². The Morgan fingerprint density at radius 2 is 1.76 bits per heavy atom. The van der Waals surface area contributed by atoms with E-state index in [1.54, 1.807) is 6.07 Å². The first-order chi connectivity index (χ1) is 16.4. The van der Waals surface area contributed by atoms with Gasteiger partial charge in [-0.15, -0.1) is 11.3 Å². The molecule has 0 spiro atoms. The Morgan fingerprint density at radius 1 is 1.03 bits per heavy atom. The fraction of sp³-hybridized carbons (Fsp3) is 0.385. The first-order valence-corrected chi connectivity index (χ1v) is 12.5. The van der Waals surface area contributed by atoms with E-state index < -0.39 is 0 Å². The molecule has 3 heterocycles. The molecule has 1 aliphatic heterocycles. The van der Waals surface area contributed by atoms with Crippen molar-refractivity contribution in [3.8, 4) is 0 Å². The van der Waals surface area contributed by atoms with Gasteiger partial charge in [-0.05, 0) is 54.1 Å². The number of carbonyl (C=O) groups excluding carboxylic acids is 2. The molecule has 3 aromatic rings. The molecule has 2 amide bonds. The van der Waals surface area contributed by atoms with Gasteiger partial charge in [-0.3, -0.25) is 14.5 Å². The van der Waals surface area contributed by atoms with Gasteiger partial charge in [0.05, 0.1) is 24.8 Å². The fourth-order valence-electron chi connectivity index (χ4n) is 4.00. The number of hydrogen-bond acceptors (Lipinski definition) is 6. The highest BCUT2D eigenvalue weighted by molar-refractivity contribution is 7.14. The molecule has 34 heavy (non-hydrogen) atoms. The zero-order valence-electron chi connectivity index (χ0n) is 19.8. The van der Waals surface area contributed by atoms with Crippen molar-refractivity contribution in [2.75, 3.05) is 38.2 Å². The third-order valence-electron chi connectivity index (χ3n) is 6.01. The highest BCUT2D eigenvalue weighted by atomic mass is 32.1. The summed E-state index contributed by atoms with van der Waals surface area (Å²) in [6, 6.07) is 13.1. The summed E-state index contributed by atoms with van der Waals surface area (Å²) in [4.78, 5) is 28.1. The van der Waals surface area contributed by atoms with Crippen LogP contribution in [0.3, 0.4) is 0 Å². The number of aryl methyl sites for hydroxylation is 1. The van der Waals surface area contributed by atoms with Crippen LogP contribution >= 0.6 is 11.3 Å². The number of thiophene rings is 1. The summed E-state index contributed by atoms with van der Waals surface area (Å²) in [6.45, 7) is 9.39. The number of carbonyl (C=O) groups is 2. The van der Waals surface area contributed by atoms with Crippen LogP contribution in [0.4, 0.5) is 5.00 Å². The summed E-state index contributed by atoms with van der Waals surface area (Å²) in [5.74, 6) is 1.60. The quantitative estimate of drug-likeness (QED) is 0.482. The molecule has 0 bridgehead atoms. The molecule has 0 aliphatic carbocycles. The molecule has 2 aromatic heterocycles. The van der Waals surface area contributed by atoms with E-state index in [1.807, 2.05) is 48.7 Å². The molecule has 1 atom stereocenters. The molecule has 8 heteroatoms. The Balaban J connectivity index is 1.42. The lowest BCUT2D eigenvalue weighted by molar-refractivity contribution is 0.0117. The number of furan rings is 1. The molecule has 2 N–H and O–H groups in total. The number of nitrogens with zero attached hydrogens (tertiary/aromatic N) is 1. The minimum atomic E-state index is -0.232. The number of nitrogens with one attached hydrogen (secondary N) is 2. The van der Waals surface area contributed by atoms with Crippen LogP contribution in [-0.2, 0) is 4.74 Å². The number of rotatable bonds is 8. The first kappa shape index (κ1) is 24.2. The maximum Gasteiger partial charge on any atom is 0.256 e. The van der Waals surface area contributed by atoms with Crippen molar-refractivity contribution in [3.63, 3.8) is 0 Å². The zero-order valence-corrected chi connectivity index (χ0v) is 20.6. The topological polar surface area (TPSA) is 83.8 Å². The van der Waals surface area contributed by atoms with Gasteiger partial charge in [-0.25, -0.2) is 0 Å². The zero-order chi connectivity index (χ0) is 24.1. The van der Waals surface area contributed by atoms with Crippen LogP contribution < -0.4 is 10.6 Å². The van der Waals surface area contributed by atoms with E-state index in [0.717, 1.165) is 24.6 Å². The van der Waals surface area contributed by atoms with Crippen molar-refractivity contribution in [1.82, 2.24) is 10.2 Å². The van der Waals surface area contributed by atoms with E-state index in [0.29, 0.717) is 41.8 Å². The van der Waals surface area contributed by atoms with Gasteiger partial charge in [-0.2, -0.15) is 0 Å². The van der Waals surface area contributed by atoms with Crippen molar-refractivity contribution in [2.24, 2.45) is 0 Å². The van der Waals surface area contributed by atoms with Crippen LogP contribution in [0.15, 0.2) is 52.3 Å². The van der Waals surface area contributed by atoms with Gasteiger partial charge in [-0.1, -0.05) is 26.0 Å². The van der Waals surface area contributed by atoms with Crippen LogP contribution in [0.2, 0.25) is 0 Å². The predicted molar refractivity (Wildman–Crippen MR) is 134 cm³/mol. The van der Waals surface area contributed by atoms with Crippen molar-refractivity contribution in [2.45, 2.75) is 32.7 Å². The Hall–Kier alpha value is -2.94. The molecule has 1 aliphatic rings. The van der Waals surface area contributed by atoms with Crippen LogP contribution in [0.5, 0.6) is 0 Å². The van der Waals surface area contributed by atoms with Gasteiger partial charge in [0.15, 0.2) is 0 Å². The fourth-order valence-corrected chi connectivity index (χ4v) is 4.77. The normalized spacial score (nSPS) is 15.3. The third kappa shape index (κ3) is 5.75. The van der Waals surface area contributed by atoms with Crippen molar-refractivity contribution in [3.05, 3.63) is 76.1 Å². The lowest BCUT2D eigenvalue weighted by Gasteiger charge is -2.33. The molecule has 4 rings (SSSR count). The Bertz CT molecular complexity index is 1110. The van der Waals surface area contributed by atoms with E-state index in [-0.39, 0.29) is 17.9 Å². The second-order valence-electron chi connectivity index (χ2n) is 8.72. The first-order valence-electron chi connectivity index (χ1n) is 11.6. The van der Waals surface area contributed by atoms with Gasteiger partial charge in [0, 0.05) is 25.2 Å². The standard InChI is InChI=1S/C26H31N3O4S/c1-17(2)19-5-7-20(8-6-19)24(30)28-26-21(10-15-34-26)25(31)27-16-22(23-9-4-18(3)33-23)29-11-13-32-14-12-29/h4-10,15,17,22H,11-14,16H2,1-3H3,(H,27,31)(H,28,30). The highest BCUT2D eigenvalue weighted by Gasteiger charge is 2.26. The van der Waals surface area contributed by atoms with Crippen LogP contribution in [-0.4, -0.2) is 49.6 Å². The van der Waals surface area contributed by atoms with E-state index >= 15 is 0 Å². The van der Waals surface area contributed by atoms with Gasteiger partial charge >= 0.3 is 0 Å². The molecule has 1 fully saturated rings. The smallest absolute Gasteiger partial charge is 0.256 e. The minimum absolute atomic E-state index is 0.0855. The monoisotopic (exact) mass is 481 g/mol. The molecule has 1 aromatic carbocycles. The highest BCUT2D eigenvalue weighted by Crippen LogP contribution is 2.26. The second kappa shape index (κ2) is 11.0. The largest absolute Gasteiger partial charge is 0.465 e. The number of amides is 2. The number of hydrogen-bond donors (Lipinski definition) is 2. The lowest BCUT2D eigenvalue weighted by Crippen LogP contribution is -2.43. The number of morpholine rings is 1. The summed E-state index contributed by atoms with van der Waals surface area (Å²) in [7, 11) is 0. The van der Waals surface area contributed by atoms with E-state index in [9.17, 15) is 9.59 Å². The van der Waals surface area contributed by atoms with Gasteiger partial charge in [0.2, 0.25) is 0 Å². The minimum Gasteiger partial charge on any atom is -0.465 e. The lowest BCUT2D eigenvalue weighted by atomic mass is 10.0. The SMILES string of the molecule is Cc1ccc(C(CNC(=O)c2ccsc2NC(=O)c2ccc(C(C)C)cc2)N2CCOCC2)o1. The number of ether oxygens (including phenoxy) is 1. The molecule has 0 radical (unpaired) electrons. The second-order valence-corrected chi connectivity index (χ2v) is 9.63. The number of benzene rings is 1. The summed E-state index contributed by atoms with van der Waals surface area (Å²) in [5, 5.41) is 8.27. The Morgan fingerprint density at radius 3 is 2.41 bits per heavy atom. The maximum atomic E-state index is 13.1. The predicted octanol–water partition coefficient (Wildman–Crippen LogP) is 4.83. The molecule has 1 saturated heterocycles. The van der Waals surface area contributed by atoms with Crippen molar-refractivity contribution >= 4 is 28.2 Å². The van der Waals surface area contributed by atoms with Crippen LogP contribution in [0, 0.1) is 6.92 Å². The summed E-state index contributed by atoms with van der Waals surface area (Å²) in [6.07, 6.45) is 0. The molecule has 180 valence electrons. The average Bonchev–Trinajstić information content (AvgIpc) is 3.49. The average molecular weight is 482 g/mol. The van der Waals surface area contributed by atoms with Crippen molar-refractivity contribution < 1.29 is 18.7 Å². The van der Waals surface area contributed by atoms with Gasteiger partial charge < -0.3 is 19.8 Å². The Kier molecular flexibility index (Phi) is 7.82. The summed E-state index contributed by atoms with van der Waals surface area (Å²) in [5.41, 5.74) is 2.19. The van der Waals surface area contributed by atoms with Gasteiger partial charge in [0.25, 0.3) is 11.8 Å². The molecule has 1 unspecified atom stereocenters. The van der Waals surface area contributed by atoms with E-state index in [1.165, 1.54) is 16.9 Å². The molecular weight excluding hydrogens is 450 g/mol. The molecular formula is C26H31N3O4S. The maximum absolute atomic E-state index is 13.1. The van der Waals surface area contributed by atoms with Gasteiger partial charge in [0.1, 0.15) is 16.5 Å². The van der Waals surface area contributed by atoms with Crippen LogP contribution in [0.1, 0.15) is 63.6 Å². The molecule has 0 saturated carbocycles. The third-order valence-corrected chi connectivity index (χ3v) is 6.84. The van der Waals surface area contributed by atoms with Crippen LogP contribution in [0.25, 0.3) is 0 Å². The number of anilines is 1. The Labute approximate surface area is 204 Å². The van der Waals surface area contributed by atoms with Crippen molar-refractivity contribution in [1.29, 1.82) is 0 Å².